The van der Waals surface area contributed by atoms with E-state index in [2.05, 4.69) is 15.3 Å². The summed E-state index contributed by atoms with van der Waals surface area (Å²) in [4.78, 5) is 25.9. The highest BCUT2D eigenvalue weighted by Crippen LogP contribution is 2.36. The first-order valence-corrected chi connectivity index (χ1v) is 12.5. The third-order valence-corrected chi connectivity index (χ3v) is 6.41. The molecule has 4 rings (SSSR count). The van der Waals surface area contributed by atoms with Crippen molar-refractivity contribution in [1.82, 2.24) is 19.6 Å². The molecule has 216 valence electrons. The fraction of sp³-hybridized carbons (Fsp3) is 0.346. The van der Waals surface area contributed by atoms with Crippen molar-refractivity contribution in [2.45, 2.75) is 12.6 Å². The molecule has 1 aliphatic rings. The van der Waals surface area contributed by atoms with Crippen molar-refractivity contribution in [2.24, 2.45) is 7.05 Å². The van der Waals surface area contributed by atoms with Crippen molar-refractivity contribution in [3.8, 4) is 17.0 Å². The number of urea groups is 1. The number of rotatable bonds is 6. The van der Waals surface area contributed by atoms with E-state index in [1.54, 1.807) is 18.0 Å². The van der Waals surface area contributed by atoms with E-state index in [1.165, 1.54) is 12.1 Å². The van der Waals surface area contributed by atoms with Gasteiger partial charge in [0, 0.05) is 51.0 Å². The Morgan fingerprint density at radius 3 is 2.25 bits per heavy atom. The predicted molar refractivity (Wildman–Crippen MR) is 141 cm³/mol. The largest absolute Gasteiger partial charge is 0.496 e. The number of anilines is 1. The van der Waals surface area contributed by atoms with E-state index < -0.39 is 12.1 Å². The van der Waals surface area contributed by atoms with Crippen LogP contribution in [0.15, 0.2) is 48.7 Å². The summed E-state index contributed by atoms with van der Waals surface area (Å²) in [5, 5.41) is 14.8. The van der Waals surface area contributed by atoms with E-state index in [4.69, 9.17) is 26.2 Å². The molecular weight excluding hydrogens is 558 g/mol. The van der Waals surface area contributed by atoms with Gasteiger partial charge in [-0.3, -0.25) is 9.58 Å². The van der Waals surface area contributed by atoms with Crippen molar-refractivity contribution in [2.75, 3.05) is 45.2 Å². The molecule has 2 aromatic carbocycles. The number of aromatic nitrogens is 2. The lowest BCUT2D eigenvalue weighted by atomic mass is 10.1. The second-order valence-corrected chi connectivity index (χ2v) is 9.23. The normalized spacial score (nSPS) is 13.8. The van der Waals surface area contributed by atoms with Crippen LogP contribution in [-0.4, -0.2) is 82.7 Å². The number of nitrogens with zero attached hydrogens (tertiary/aromatic N) is 4. The Bertz CT molecular complexity index is 1290. The first-order valence-electron chi connectivity index (χ1n) is 12.1. The molecule has 1 aliphatic heterocycles. The Morgan fingerprint density at radius 1 is 1.10 bits per heavy atom. The zero-order valence-corrected chi connectivity index (χ0v) is 22.5. The molecule has 40 heavy (non-hydrogen) atoms. The molecule has 0 unspecified atom stereocenters. The lowest BCUT2D eigenvalue weighted by molar-refractivity contribution is -0.192. The van der Waals surface area contributed by atoms with Crippen LogP contribution in [-0.2, 0) is 18.3 Å². The molecule has 0 saturated carbocycles. The van der Waals surface area contributed by atoms with Crippen LogP contribution in [0, 0.1) is 5.82 Å². The second-order valence-electron chi connectivity index (χ2n) is 8.82. The summed E-state index contributed by atoms with van der Waals surface area (Å²) < 4.78 is 51.9. The van der Waals surface area contributed by atoms with Gasteiger partial charge in [0.1, 0.15) is 11.6 Å². The number of amides is 2. The Hall–Kier alpha value is -3.84. The molecule has 0 bridgehead atoms. The van der Waals surface area contributed by atoms with Crippen LogP contribution in [0.5, 0.6) is 5.75 Å². The minimum Gasteiger partial charge on any atom is -0.496 e. The quantitative estimate of drug-likeness (QED) is 0.399. The molecule has 2 amide bonds. The summed E-state index contributed by atoms with van der Waals surface area (Å²) in [6, 6.07) is 11.9. The molecule has 14 heteroatoms. The summed E-state index contributed by atoms with van der Waals surface area (Å²) >= 11 is 6.32. The first-order chi connectivity index (χ1) is 18.9. The highest BCUT2D eigenvalue weighted by atomic mass is 35.5. The summed E-state index contributed by atoms with van der Waals surface area (Å²) in [5.74, 6) is -2.33. The number of methoxy groups -OCH3 is 1. The van der Waals surface area contributed by atoms with E-state index >= 15 is 0 Å². The number of hydrogen-bond acceptors (Lipinski definition) is 5. The van der Waals surface area contributed by atoms with Crippen molar-refractivity contribution in [1.29, 1.82) is 0 Å². The minimum atomic E-state index is -5.08. The maximum Gasteiger partial charge on any atom is 0.490 e. The SMILES string of the molecule is COc1ccc(NC(=O)N2CCN(CCc3ccc(F)cc3)CC2)cc1-c1c(Cl)cnn1C.O=C(O)C(F)(F)F. The van der Waals surface area contributed by atoms with Crippen LogP contribution in [0.25, 0.3) is 11.3 Å². The predicted octanol–water partition coefficient (Wildman–Crippen LogP) is 4.91. The first kappa shape index (κ1) is 30.7. The number of carboxylic acids is 1. The van der Waals surface area contributed by atoms with E-state index in [9.17, 15) is 22.4 Å². The van der Waals surface area contributed by atoms with Crippen LogP contribution in [0.3, 0.4) is 0 Å². The lowest BCUT2D eigenvalue weighted by Crippen LogP contribution is -2.50. The van der Waals surface area contributed by atoms with Crippen molar-refractivity contribution >= 4 is 29.3 Å². The maximum atomic E-state index is 13.1. The van der Waals surface area contributed by atoms with Gasteiger partial charge in [0.25, 0.3) is 0 Å². The fourth-order valence-corrected chi connectivity index (χ4v) is 4.27. The number of aryl methyl sites for hydroxylation is 1. The monoisotopic (exact) mass is 585 g/mol. The zero-order chi connectivity index (χ0) is 29.4. The molecule has 1 saturated heterocycles. The molecule has 0 aliphatic carbocycles. The number of benzene rings is 2. The molecule has 1 aromatic heterocycles. The summed E-state index contributed by atoms with van der Waals surface area (Å²) in [5.41, 5.74) is 3.25. The van der Waals surface area contributed by atoms with Crippen molar-refractivity contribution in [3.05, 3.63) is 65.1 Å². The average Bonchev–Trinajstić information content (AvgIpc) is 3.25. The number of piperazine rings is 1. The molecule has 9 nitrogen and oxygen atoms in total. The number of hydrogen-bond donors (Lipinski definition) is 2. The molecular formula is C26H28ClF4N5O4. The Balaban J connectivity index is 0.000000559. The third kappa shape index (κ3) is 8.33. The summed E-state index contributed by atoms with van der Waals surface area (Å²) in [6.45, 7) is 3.77. The van der Waals surface area contributed by atoms with Crippen LogP contribution >= 0.6 is 11.6 Å². The average molecular weight is 586 g/mol. The van der Waals surface area contributed by atoms with Crippen LogP contribution < -0.4 is 10.1 Å². The van der Waals surface area contributed by atoms with E-state index in [1.807, 2.05) is 42.3 Å². The molecule has 1 fully saturated rings. The van der Waals surface area contributed by atoms with E-state index in [-0.39, 0.29) is 11.8 Å². The van der Waals surface area contributed by atoms with Crippen LogP contribution in [0.2, 0.25) is 5.02 Å². The Labute approximate surface area is 232 Å². The van der Waals surface area contributed by atoms with Gasteiger partial charge < -0.3 is 20.1 Å². The van der Waals surface area contributed by atoms with Gasteiger partial charge >= 0.3 is 18.2 Å². The van der Waals surface area contributed by atoms with Crippen LogP contribution in [0.1, 0.15) is 5.56 Å². The van der Waals surface area contributed by atoms with Crippen molar-refractivity contribution < 1.29 is 37.0 Å². The summed E-state index contributed by atoms with van der Waals surface area (Å²) in [6.07, 6.45) is -2.64. The molecule has 0 radical (unpaired) electrons. The second kappa shape index (κ2) is 13.5. The third-order valence-electron chi connectivity index (χ3n) is 6.13. The van der Waals surface area contributed by atoms with Gasteiger partial charge in [-0.2, -0.15) is 18.3 Å². The van der Waals surface area contributed by atoms with Crippen molar-refractivity contribution in [3.63, 3.8) is 0 Å². The number of carboxylic acid groups (broad SMARTS) is 1. The zero-order valence-electron chi connectivity index (χ0n) is 21.7. The van der Waals surface area contributed by atoms with Gasteiger partial charge in [-0.25, -0.2) is 14.0 Å². The molecule has 2 N–H and O–H groups in total. The number of ether oxygens (including phenoxy) is 1. The number of nitrogens with one attached hydrogen (secondary N) is 1. The highest BCUT2D eigenvalue weighted by Gasteiger charge is 2.38. The van der Waals surface area contributed by atoms with Gasteiger partial charge in [0.2, 0.25) is 0 Å². The van der Waals surface area contributed by atoms with Gasteiger partial charge in [-0.1, -0.05) is 23.7 Å². The molecule has 2 heterocycles. The Kier molecular flexibility index (Phi) is 10.3. The number of aliphatic carboxylic acids is 1. The minimum absolute atomic E-state index is 0.139. The number of halogens is 5. The van der Waals surface area contributed by atoms with Gasteiger partial charge in [-0.15, -0.1) is 0 Å². The fourth-order valence-electron chi connectivity index (χ4n) is 4.00. The lowest BCUT2D eigenvalue weighted by Gasteiger charge is -2.34. The molecule has 0 spiro atoms. The van der Waals surface area contributed by atoms with E-state index in [0.717, 1.165) is 42.9 Å². The highest BCUT2D eigenvalue weighted by molar-refractivity contribution is 6.33. The molecule has 3 aromatic rings. The van der Waals surface area contributed by atoms with Gasteiger partial charge in [-0.05, 0) is 42.3 Å². The molecule has 0 atom stereocenters. The number of carbonyl (C=O) groups is 2. The standard InChI is InChI=1S/C24H27ClFN5O2.C2HF3O2/c1-29-23(21(25)16-27-29)20-15-19(7-8-22(20)33-2)28-24(32)31-13-11-30(12-14-31)10-9-17-3-5-18(26)6-4-17;3-2(4,5)1(6)7/h3-8,15-16H,9-14H2,1-2H3,(H,28,32);(H,6,7). The number of alkyl halides is 3. The maximum absolute atomic E-state index is 13.1. The summed E-state index contributed by atoms with van der Waals surface area (Å²) in [7, 11) is 3.40. The van der Waals surface area contributed by atoms with Crippen LogP contribution in [0.4, 0.5) is 28.0 Å². The van der Waals surface area contributed by atoms with Gasteiger partial charge in [0.05, 0.1) is 24.0 Å². The smallest absolute Gasteiger partial charge is 0.490 e. The van der Waals surface area contributed by atoms with E-state index in [0.29, 0.717) is 29.5 Å². The number of carbonyl (C=O) groups excluding carboxylic acids is 1. The Morgan fingerprint density at radius 2 is 1.73 bits per heavy atom. The van der Waals surface area contributed by atoms with Gasteiger partial charge in [0.15, 0.2) is 0 Å². The topological polar surface area (TPSA) is 99.9 Å².